The molecule has 0 unspecified atom stereocenters. The van der Waals surface area contributed by atoms with Gasteiger partial charge in [-0.2, -0.15) is 0 Å². The van der Waals surface area contributed by atoms with Gasteiger partial charge in [-0.25, -0.2) is 4.39 Å². The van der Waals surface area contributed by atoms with Gasteiger partial charge in [-0.15, -0.1) is 11.6 Å². The molecule has 2 rings (SSSR count). The Bertz CT molecular complexity index is 481. The zero-order valence-electron chi connectivity index (χ0n) is 8.13. The van der Waals surface area contributed by atoms with Gasteiger partial charge in [0.2, 0.25) is 0 Å². The summed E-state index contributed by atoms with van der Waals surface area (Å²) in [6.45, 7) is 1.86. The number of rotatable bonds is 2. The topological polar surface area (TPSA) is 26.0 Å². The van der Waals surface area contributed by atoms with Crippen LogP contribution in [-0.2, 0) is 5.88 Å². The summed E-state index contributed by atoms with van der Waals surface area (Å²) in [5.74, 6) is 0.575. The van der Waals surface area contributed by atoms with Crippen LogP contribution in [0.4, 0.5) is 4.39 Å². The van der Waals surface area contributed by atoms with Crippen molar-refractivity contribution in [1.82, 2.24) is 5.16 Å². The Hall–Kier alpha value is -1.35. The van der Waals surface area contributed by atoms with Crippen LogP contribution in [0.15, 0.2) is 28.8 Å². The molecule has 0 radical (unpaired) electrons. The van der Waals surface area contributed by atoms with Crippen molar-refractivity contribution in [2.75, 3.05) is 0 Å². The third-order valence-electron chi connectivity index (χ3n) is 2.23. The van der Waals surface area contributed by atoms with Crippen LogP contribution in [-0.4, -0.2) is 5.16 Å². The lowest BCUT2D eigenvalue weighted by Crippen LogP contribution is -1.83. The van der Waals surface area contributed by atoms with Crippen LogP contribution in [0.2, 0.25) is 0 Å². The minimum absolute atomic E-state index is 0.296. The molecule has 4 heteroatoms. The van der Waals surface area contributed by atoms with Gasteiger partial charge in [0.1, 0.15) is 11.5 Å². The van der Waals surface area contributed by atoms with Crippen molar-refractivity contribution >= 4 is 11.6 Å². The van der Waals surface area contributed by atoms with Gasteiger partial charge in [-0.3, -0.25) is 0 Å². The SMILES string of the molecule is Cc1c(CCl)noc1-c1cccc(F)c1. The van der Waals surface area contributed by atoms with E-state index < -0.39 is 0 Å². The Balaban J connectivity index is 2.49. The molecule has 2 nitrogen and oxygen atoms in total. The van der Waals surface area contributed by atoms with Crippen molar-refractivity contribution in [2.24, 2.45) is 0 Å². The predicted molar refractivity (Wildman–Crippen MR) is 56.2 cm³/mol. The lowest BCUT2D eigenvalue weighted by Gasteiger charge is -1.97. The molecular weight excluding hydrogens is 217 g/mol. The number of hydrogen-bond donors (Lipinski definition) is 0. The maximum atomic E-state index is 13.0. The van der Waals surface area contributed by atoms with Gasteiger partial charge in [0.15, 0.2) is 5.76 Å². The highest BCUT2D eigenvalue weighted by Gasteiger charge is 2.12. The van der Waals surface area contributed by atoms with E-state index in [9.17, 15) is 4.39 Å². The zero-order valence-corrected chi connectivity index (χ0v) is 8.88. The molecule has 1 aromatic carbocycles. The Labute approximate surface area is 91.7 Å². The molecule has 0 aliphatic heterocycles. The maximum absolute atomic E-state index is 13.0. The molecule has 0 spiro atoms. The number of aromatic nitrogens is 1. The summed E-state index contributed by atoms with van der Waals surface area (Å²) in [7, 11) is 0. The molecule has 0 atom stereocenters. The van der Waals surface area contributed by atoms with Gasteiger partial charge in [0, 0.05) is 11.1 Å². The number of hydrogen-bond acceptors (Lipinski definition) is 2. The van der Waals surface area contributed by atoms with E-state index >= 15 is 0 Å². The first kappa shape index (κ1) is 10.2. The van der Waals surface area contributed by atoms with Crippen LogP contribution in [0.1, 0.15) is 11.3 Å². The second-order valence-electron chi connectivity index (χ2n) is 3.23. The van der Waals surface area contributed by atoms with Crippen LogP contribution in [0.25, 0.3) is 11.3 Å². The van der Waals surface area contributed by atoms with E-state index in [1.165, 1.54) is 12.1 Å². The van der Waals surface area contributed by atoms with Crippen molar-refractivity contribution in [1.29, 1.82) is 0 Å². The summed E-state index contributed by atoms with van der Waals surface area (Å²) < 4.78 is 18.1. The Morgan fingerprint density at radius 3 is 2.87 bits per heavy atom. The van der Waals surface area contributed by atoms with E-state index in [2.05, 4.69) is 5.16 Å². The van der Waals surface area contributed by atoms with Gasteiger partial charge in [0.05, 0.1) is 5.88 Å². The fourth-order valence-electron chi connectivity index (χ4n) is 1.39. The molecule has 1 heterocycles. The highest BCUT2D eigenvalue weighted by Crippen LogP contribution is 2.26. The van der Waals surface area contributed by atoms with Gasteiger partial charge in [-0.1, -0.05) is 17.3 Å². The number of nitrogens with zero attached hydrogens (tertiary/aromatic N) is 1. The van der Waals surface area contributed by atoms with Crippen LogP contribution < -0.4 is 0 Å². The Morgan fingerprint density at radius 2 is 2.27 bits per heavy atom. The largest absolute Gasteiger partial charge is 0.356 e. The van der Waals surface area contributed by atoms with Crippen LogP contribution >= 0.6 is 11.6 Å². The molecule has 0 N–H and O–H groups in total. The van der Waals surface area contributed by atoms with Crippen LogP contribution in [0, 0.1) is 12.7 Å². The van der Waals surface area contributed by atoms with E-state index in [-0.39, 0.29) is 5.82 Å². The summed E-state index contributed by atoms with van der Waals surface area (Å²) in [6.07, 6.45) is 0. The smallest absolute Gasteiger partial charge is 0.170 e. The van der Waals surface area contributed by atoms with Crippen molar-refractivity contribution in [3.8, 4) is 11.3 Å². The van der Waals surface area contributed by atoms with Crippen LogP contribution in [0.5, 0.6) is 0 Å². The normalized spacial score (nSPS) is 10.6. The highest BCUT2D eigenvalue weighted by atomic mass is 35.5. The fraction of sp³-hybridized carbons (Fsp3) is 0.182. The quantitative estimate of drug-likeness (QED) is 0.731. The van der Waals surface area contributed by atoms with E-state index in [0.717, 1.165) is 5.56 Å². The molecule has 0 saturated heterocycles. The van der Waals surface area contributed by atoms with Gasteiger partial charge < -0.3 is 4.52 Å². The number of benzene rings is 1. The average Bonchev–Trinajstić information content (AvgIpc) is 2.59. The predicted octanol–water partition coefficient (Wildman–Crippen LogP) is 3.53. The zero-order chi connectivity index (χ0) is 10.8. The molecule has 0 aliphatic rings. The lowest BCUT2D eigenvalue weighted by molar-refractivity contribution is 0.426. The monoisotopic (exact) mass is 225 g/mol. The van der Waals surface area contributed by atoms with Crippen molar-refractivity contribution in [2.45, 2.75) is 12.8 Å². The first-order valence-corrected chi connectivity index (χ1v) is 5.03. The van der Waals surface area contributed by atoms with Gasteiger partial charge >= 0.3 is 0 Å². The van der Waals surface area contributed by atoms with Crippen molar-refractivity contribution < 1.29 is 8.91 Å². The van der Waals surface area contributed by atoms with E-state index in [1.807, 2.05) is 6.92 Å². The fourth-order valence-corrected chi connectivity index (χ4v) is 1.64. The summed E-state index contributed by atoms with van der Waals surface area (Å²) in [5, 5.41) is 3.81. The van der Waals surface area contributed by atoms with Crippen molar-refractivity contribution in [3.05, 3.63) is 41.3 Å². The molecule has 0 aliphatic carbocycles. The molecule has 78 valence electrons. The Kier molecular flexibility index (Phi) is 2.73. The molecule has 0 saturated carbocycles. The van der Waals surface area contributed by atoms with Gasteiger partial charge in [-0.05, 0) is 19.1 Å². The maximum Gasteiger partial charge on any atom is 0.170 e. The standard InChI is InChI=1S/C11H9ClFNO/c1-7-10(6-12)14-15-11(7)8-3-2-4-9(13)5-8/h2-5H,6H2,1H3. The second kappa shape index (κ2) is 4.03. The van der Waals surface area contributed by atoms with E-state index in [4.69, 9.17) is 16.1 Å². The summed E-state index contributed by atoms with van der Waals surface area (Å²) in [4.78, 5) is 0. The Morgan fingerprint density at radius 1 is 1.47 bits per heavy atom. The van der Waals surface area contributed by atoms with Gasteiger partial charge in [0.25, 0.3) is 0 Å². The summed E-state index contributed by atoms with van der Waals surface area (Å²) in [6, 6.07) is 6.20. The van der Waals surface area contributed by atoms with Crippen LogP contribution in [0.3, 0.4) is 0 Å². The summed E-state index contributed by atoms with van der Waals surface area (Å²) in [5.41, 5.74) is 2.22. The van der Waals surface area contributed by atoms with E-state index in [0.29, 0.717) is 22.9 Å². The molecule has 15 heavy (non-hydrogen) atoms. The molecular formula is C11H9ClFNO. The number of halogens is 2. The molecule has 0 fully saturated rings. The molecule has 2 aromatic rings. The second-order valence-corrected chi connectivity index (χ2v) is 3.49. The third kappa shape index (κ3) is 1.88. The number of alkyl halides is 1. The van der Waals surface area contributed by atoms with E-state index in [1.54, 1.807) is 12.1 Å². The summed E-state index contributed by atoms with van der Waals surface area (Å²) >= 11 is 5.67. The lowest BCUT2D eigenvalue weighted by atomic mass is 10.1. The average molecular weight is 226 g/mol. The first-order valence-electron chi connectivity index (χ1n) is 4.49. The third-order valence-corrected chi connectivity index (χ3v) is 2.49. The minimum Gasteiger partial charge on any atom is -0.356 e. The van der Waals surface area contributed by atoms with Crippen molar-refractivity contribution in [3.63, 3.8) is 0 Å². The first-order chi connectivity index (χ1) is 7.22. The minimum atomic E-state index is -0.296. The molecule has 0 bridgehead atoms. The molecule has 1 aromatic heterocycles. The highest BCUT2D eigenvalue weighted by molar-refractivity contribution is 6.17. The molecule has 0 amide bonds.